The molecule has 0 radical (unpaired) electrons. The van der Waals surface area contributed by atoms with Gasteiger partial charge in [-0.25, -0.2) is 0 Å². The average Bonchev–Trinajstić information content (AvgIpc) is 1.88. The highest BCUT2D eigenvalue weighted by atomic mass is 16.1. The summed E-state index contributed by atoms with van der Waals surface area (Å²) in [5.74, 6) is -0.0210. The lowest BCUT2D eigenvalue weighted by molar-refractivity contribution is -0.111. The van der Waals surface area contributed by atoms with E-state index in [0.29, 0.717) is 12.8 Å². The van der Waals surface area contributed by atoms with E-state index < -0.39 is 0 Å². The second-order valence-electron chi connectivity index (χ2n) is 2.68. The molecule has 0 aliphatic heterocycles. The number of rotatable bonds is 1. The molecule has 0 amide bonds. The summed E-state index contributed by atoms with van der Waals surface area (Å²) >= 11 is 0. The van der Waals surface area contributed by atoms with Gasteiger partial charge in [0.2, 0.25) is 0 Å². The van der Waals surface area contributed by atoms with E-state index in [-0.39, 0.29) is 12.0 Å². The summed E-state index contributed by atoms with van der Waals surface area (Å²) in [6, 6.07) is -0.0671. The van der Waals surface area contributed by atoms with E-state index in [0.717, 1.165) is 12.0 Å². The van der Waals surface area contributed by atoms with Crippen molar-refractivity contribution in [3.63, 3.8) is 0 Å². The van der Waals surface area contributed by atoms with Gasteiger partial charge < -0.3 is 16.3 Å². The molecule has 56 valence electrons. The zero-order valence-electron chi connectivity index (χ0n) is 5.79. The van der Waals surface area contributed by atoms with Crippen molar-refractivity contribution in [3.05, 3.63) is 11.8 Å². The first-order valence-corrected chi connectivity index (χ1v) is 3.39. The summed E-state index contributed by atoms with van der Waals surface area (Å²) in [6.45, 7) is 0. The van der Waals surface area contributed by atoms with Gasteiger partial charge in [0.05, 0.1) is 0 Å². The normalized spacial score (nSPS) is 33.1. The SMILES string of the molecule is NC1=CCC(C=O)C(N)C1. The molecular weight excluding hydrogens is 128 g/mol. The number of hydrogen-bond donors (Lipinski definition) is 2. The highest BCUT2D eigenvalue weighted by molar-refractivity contribution is 5.55. The van der Waals surface area contributed by atoms with Crippen LogP contribution < -0.4 is 11.5 Å². The highest BCUT2D eigenvalue weighted by Gasteiger charge is 2.20. The Morgan fingerprint density at radius 3 is 2.90 bits per heavy atom. The summed E-state index contributed by atoms with van der Waals surface area (Å²) in [7, 11) is 0. The molecule has 2 unspecified atom stereocenters. The van der Waals surface area contributed by atoms with E-state index >= 15 is 0 Å². The van der Waals surface area contributed by atoms with Gasteiger partial charge in [0.25, 0.3) is 0 Å². The summed E-state index contributed by atoms with van der Waals surface area (Å²) in [6.07, 6.45) is 4.15. The van der Waals surface area contributed by atoms with Gasteiger partial charge in [-0.15, -0.1) is 0 Å². The largest absolute Gasteiger partial charge is 0.402 e. The first kappa shape index (κ1) is 7.28. The van der Waals surface area contributed by atoms with Crippen LogP contribution in [-0.2, 0) is 4.79 Å². The van der Waals surface area contributed by atoms with Crippen molar-refractivity contribution in [1.82, 2.24) is 0 Å². The average molecular weight is 140 g/mol. The van der Waals surface area contributed by atoms with Crippen LogP contribution in [0.3, 0.4) is 0 Å². The minimum Gasteiger partial charge on any atom is -0.402 e. The molecule has 1 aliphatic rings. The highest BCUT2D eigenvalue weighted by Crippen LogP contribution is 2.17. The maximum Gasteiger partial charge on any atom is 0.124 e. The van der Waals surface area contributed by atoms with Gasteiger partial charge in [0, 0.05) is 24.1 Å². The van der Waals surface area contributed by atoms with Gasteiger partial charge >= 0.3 is 0 Å². The van der Waals surface area contributed by atoms with E-state index in [1.165, 1.54) is 0 Å². The Morgan fingerprint density at radius 1 is 1.70 bits per heavy atom. The lowest BCUT2D eigenvalue weighted by Crippen LogP contribution is -2.35. The van der Waals surface area contributed by atoms with Crippen LogP contribution in [-0.4, -0.2) is 12.3 Å². The molecule has 0 aromatic carbocycles. The molecule has 0 saturated carbocycles. The monoisotopic (exact) mass is 140 g/mol. The van der Waals surface area contributed by atoms with Gasteiger partial charge in [-0.2, -0.15) is 0 Å². The van der Waals surface area contributed by atoms with Gasteiger partial charge in [-0.05, 0) is 6.42 Å². The molecule has 1 rings (SSSR count). The number of carbonyl (C=O) groups is 1. The van der Waals surface area contributed by atoms with Crippen molar-refractivity contribution in [1.29, 1.82) is 0 Å². The number of aldehydes is 1. The van der Waals surface area contributed by atoms with Crippen LogP contribution in [0.4, 0.5) is 0 Å². The van der Waals surface area contributed by atoms with E-state index in [4.69, 9.17) is 11.5 Å². The molecule has 3 heteroatoms. The van der Waals surface area contributed by atoms with Crippen LogP contribution in [0.2, 0.25) is 0 Å². The minimum atomic E-state index is -0.0671. The molecular formula is C7H12N2O. The minimum absolute atomic E-state index is 0.0210. The maximum absolute atomic E-state index is 10.3. The lowest BCUT2D eigenvalue weighted by Gasteiger charge is -2.22. The summed E-state index contributed by atoms with van der Waals surface area (Å²) in [4.78, 5) is 10.3. The molecule has 0 fully saturated rings. The molecule has 3 nitrogen and oxygen atoms in total. The molecule has 2 atom stereocenters. The Bertz CT molecular complexity index is 165. The molecule has 10 heavy (non-hydrogen) atoms. The zero-order valence-corrected chi connectivity index (χ0v) is 5.79. The third kappa shape index (κ3) is 1.36. The van der Waals surface area contributed by atoms with E-state index in [1.54, 1.807) is 0 Å². The van der Waals surface area contributed by atoms with Crippen molar-refractivity contribution in [2.75, 3.05) is 0 Å². The van der Waals surface area contributed by atoms with Crippen LogP contribution in [0.25, 0.3) is 0 Å². The van der Waals surface area contributed by atoms with Crippen molar-refractivity contribution in [2.45, 2.75) is 18.9 Å². The Labute approximate surface area is 60.1 Å². The third-order valence-electron chi connectivity index (χ3n) is 1.85. The second-order valence-corrected chi connectivity index (χ2v) is 2.68. The van der Waals surface area contributed by atoms with Crippen LogP contribution in [0.5, 0.6) is 0 Å². The molecule has 0 aromatic rings. The number of hydrogen-bond acceptors (Lipinski definition) is 3. The van der Waals surface area contributed by atoms with Crippen molar-refractivity contribution < 1.29 is 4.79 Å². The van der Waals surface area contributed by atoms with Crippen LogP contribution >= 0.6 is 0 Å². The predicted octanol–water partition coefficient (Wildman–Crippen LogP) is -0.235. The number of nitrogens with two attached hydrogens (primary N) is 2. The van der Waals surface area contributed by atoms with Gasteiger partial charge in [-0.3, -0.25) is 0 Å². The Morgan fingerprint density at radius 2 is 2.40 bits per heavy atom. The molecule has 0 bridgehead atoms. The third-order valence-corrected chi connectivity index (χ3v) is 1.85. The maximum atomic E-state index is 10.3. The van der Waals surface area contributed by atoms with E-state index in [1.807, 2.05) is 6.08 Å². The van der Waals surface area contributed by atoms with Crippen molar-refractivity contribution in [2.24, 2.45) is 17.4 Å². The van der Waals surface area contributed by atoms with Gasteiger partial charge in [0.15, 0.2) is 0 Å². The smallest absolute Gasteiger partial charge is 0.124 e. The Kier molecular flexibility index (Phi) is 2.06. The fourth-order valence-corrected chi connectivity index (χ4v) is 1.13. The standard InChI is InChI=1S/C7H12N2O/c8-6-2-1-5(4-10)7(9)3-6/h2,4-5,7H,1,3,8-9H2. The van der Waals surface area contributed by atoms with Crippen LogP contribution in [0.1, 0.15) is 12.8 Å². The lowest BCUT2D eigenvalue weighted by atomic mass is 9.89. The quantitative estimate of drug-likeness (QED) is 0.494. The zero-order chi connectivity index (χ0) is 7.56. The fourth-order valence-electron chi connectivity index (χ4n) is 1.13. The van der Waals surface area contributed by atoms with Crippen LogP contribution in [0.15, 0.2) is 11.8 Å². The Hall–Kier alpha value is -0.830. The molecule has 0 saturated heterocycles. The second kappa shape index (κ2) is 2.84. The molecule has 1 aliphatic carbocycles. The molecule has 4 N–H and O–H groups in total. The summed E-state index contributed by atoms with van der Waals surface area (Å²) in [5, 5.41) is 0. The van der Waals surface area contributed by atoms with Crippen LogP contribution in [0, 0.1) is 5.92 Å². The molecule has 0 spiro atoms. The van der Waals surface area contributed by atoms with Gasteiger partial charge in [-0.1, -0.05) is 6.08 Å². The van der Waals surface area contributed by atoms with E-state index in [9.17, 15) is 4.79 Å². The number of allylic oxidation sites excluding steroid dienone is 1. The molecule has 0 aromatic heterocycles. The molecule has 0 heterocycles. The topological polar surface area (TPSA) is 69.1 Å². The summed E-state index contributed by atoms with van der Waals surface area (Å²) < 4.78 is 0. The summed E-state index contributed by atoms with van der Waals surface area (Å²) in [5.41, 5.74) is 11.9. The van der Waals surface area contributed by atoms with Crippen molar-refractivity contribution in [3.8, 4) is 0 Å². The van der Waals surface area contributed by atoms with Crippen molar-refractivity contribution >= 4 is 6.29 Å². The fraction of sp³-hybridized carbons (Fsp3) is 0.571. The van der Waals surface area contributed by atoms with Gasteiger partial charge in [0.1, 0.15) is 6.29 Å². The first-order valence-electron chi connectivity index (χ1n) is 3.39. The predicted molar refractivity (Wildman–Crippen MR) is 39.0 cm³/mol. The Balaban J connectivity index is 2.60. The van der Waals surface area contributed by atoms with E-state index in [2.05, 4.69) is 0 Å². The first-order chi connectivity index (χ1) is 4.74. The number of carbonyl (C=O) groups excluding carboxylic acids is 1.